The zero-order valence-corrected chi connectivity index (χ0v) is 13.7. The van der Waals surface area contributed by atoms with E-state index in [1.54, 1.807) is 12.3 Å². The van der Waals surface area contributed by atoms with E-state index in [4.69, 9.17) is 9.47 Å². The maximum atomic E-state index is 13.0. The third-order valence-corrected chi connectivity index (χ3v) is 5.15. The van der Waals surface area contributed by atoms with E-state index < -0.39 is 5.92 Å². The molecular weight excluding hydrogens is 328 g/mol. The van der Waals surface area contributed by atoms with Crippen molar-refractivity contribution in [2.45, 2.75) is 31.6 Å². The first-order valence-electron chi connectivity index (χ1n) is 8.48. The van der Waals surface area contributed by atoms with Gasteiger partial charge in [0.2, 0.25) is 5.92 Å². The lowest BCUT2D eigenvalue weighted by Crippen LogP contribution is -2.55. The molecule has 2 aliphatic carbocycles. The van der Waals surface area contributed by atoms with Gasteiger partial charge in [-0.1, -0.05) is 12.1 Å². The van der Waals surface area contributed by atoms with Crippen molar-refractivity contribution in [1.29, 1.82) is 0 Å². The van der Waals surface area contributed by atoms with Gasteiger partial charge < -0.3 is 9.47 Å². The number of halogens is 2. The summed E-state index contributed by atoms with van der Waals surface area (Å²) in [6.45, 7) is 0.394. The van der Waals surface area contributed by atoms with Crippen molar-refractivity contribution >= 4 is 16.9 Å². The Kier molecular flexibility index (Phi) is 3.85. The van der Waals surface area contributed by atoms with Crippen LogP contribution in [0.4, 0.5) is 8.78 Å². The van der Waals surface area contributed by atoms with Crippen LogP contribution in [0.2, 0.25) is 0 Å². The van der Waals surface area contributed by atoms with Gasteiger partial charge in [0.15, 0.2) is 0 Å². The Hall–Kier alpha value is -2.24. The first-order chi connectivity index (χ1) is 12.0. The van der Waals surface area contributed by atoms with Crippen LogP contribution in [0.5, 0.6) is 5.75 Å². The van der Waals surface area contributed by atoms with Crippen molar-refractivity contribution in [3.8, 4) is 5.75 Å². The molecule has 0 N–H and O–H groups in total. The summed E-state index contributed by atoms with van der Waals surface area (Å²) in [6, 6.07) is 9.42. The van der Waals surface area contributed by atoms with Gasteiger partial charge in [-0.3, -0.25) is 9.78 Å². The van der Waals surface area contributed by atoms with E-state index in [1.807, 2.05) is 24.3 Å². The third kappa shape index (κ3) is 3.17. The molecule has 1 heterocycles. The summed E-state index contributed by atoms with van der Waals surface area (Å²) >= 11 is 0. The van der Waals surface area contributed by atoms with Crippen LogP contribution >= 0.6 is 0 Å². The van der Waals surface area contributed by atoms with Gasteiger partial charge >= 0.3 is 5.97 Å². The van der Waals surface area contributed by atoms with E-state index in [1.165, 1.54) is 0 Å². The van der Waals surface area contributed by atoms with Crippen LogP contribution in [0.3, 0.4) is 0 Å². The lowest BCUT2D eigenvalue weighted by atomic mass is 9.50. The Balaban J connectivity index is 1.22. The molecule has 25 heavy (non-hydrogen) atoms. The van der Waals surface area contributed by atoms with Gasteiger partial charge in [0.05, 0.1) is 11.4 Å². The molecule has 0 bridgehead atoms. The van der Waals surface area contributed by atoms with Gasteiger partial charge in [0.25, 0.3) is 0 Å². The minimum absolute atomic E-state index is 0.0813. The highest BCUT2D eigenvalue weighted by Gasteiger charge is 2.63. The number of pyridine rings is 1. The van der Waals surface area contributed by atoms with Gasteiger partial charge in [-0.25, -0.2) is 8.78 Å². The molecule has 0 aliphatic heterocycles. The number of rotatable bonds is 5. The maximum Gasteiger partial charge on any atom is 0.309 e. The molecule has 0 amide bonds. The molecule has 132 valence electrons. The Morgan fingerprint density at radius 1 is 1.16 bits per heavy atom. The fourth-order valence-corrected chi connectivity index (χ4v) is 4.09. The average Bonchev–Trinajstić information content (AvgIpc) is 2.54. The van der Waals surface area contributed by atoms with Gasteiger partial charge in [-0.15, -0.1) is 0 Å². The van der Waals surface area contributed by atoms with Crippen LogP contribution in [0, 0.1) is 11.3 Å². The quantitative estimate of drug-likeness (QED) is 0.606. The minimum Gasteiger partial charge on any atom is -0.489 e. The highest BCUT2D eigenvalue weighted by Crippen LogP contribution is 2.64. The highest BCUT2D eigenvalue weighted by molar-refractivity contribution is 5.84. The maximum absolute atomic E-state index is 13.0. The number of aromatic nitrogens is 1. The number of ether oxygens (including phenoxy) is 2. The van der Waals surface area contributed by atoms with Gasteiger partial charge in [-0.2, -0.15) is 0 Å². The predicted molar refractivity (Wildman–Crippen MR) is 87.5 cm³/mol. The van der Waals surface area contributed by atoms with E-state index in [9.17, 15) is 13.6 Å². The molecule has 1 aromatic heterocycles. The largest absolute Gasteiger partial charge is 0.489 e. The summed E-state index contributed by atoms with van der Waals surface area (Å²) in [4.78, 5) is 16.2. The average molecular weight is 347 g/mol. The summed E-state index contributed by atoms with van der Waals surface area (Å²) < 4.78 is 36.8. The van der Waals surface area contributed by atoms with Crippen LogP contribution in [0.15, 0.2) is 36.5 Å². The third-order valence-electron chi connectivity index (χ3n) is 5.15. The number of alkyl halides is 2. The molecule has 1 spiro atoms. The standard InChI is InChI=1S/C19H19F2NO3/c20-19(21)11-18(12-19)9-13(10-18)17(23)25-8-7-24-16-5-6-22-15-4-2-1-3-14(15)16/h1-6,13H,7-12H2. The smallest absolute Gasteiger partial charge is 0.309 e. The van der Waals surface area contributed by atoms with Crippen LogP contribution in [-0.4, -0.2) is 30.1 Å². The normalized spacial score (nSPS) is 20.7. The van der Waals surface area contributed by atoms with Crippen molar-refractivity contribution in [1.82, 2.24) is 4.98 Å². The summed E-state index contributed by atoms with van der Waals surface area (Å²) in [5, 5.41) is 0.906. The molecule has 0 radical (unpaired) electrons. The first kappa shape index (κ1) is 16.2. The van der Waals surface area contributed by atoms with E-state index >= 15 is 0 Å². The number of esters is 1. The van der Waals surface area contributed by atoms with Crippen molar-refractivity contribution < 1.29 is 23.0 Å². The fraction of sp³-hybridized carbons (Fsp3) is 0.474. The van der Waals surface area contributed by atoms with Crippen molar-refractivity contribution in [3.63, 3.8) is 0 Å². The van der Waals surface area contributed by atoms with Crippen molar-refractivity contribution in [2.24, 2.45) is 11.3 Å². The zero-order valence-electron chi connectivity index (χ0n) is 13.7. The number of hydrogen-bond donors (Lipinski definition) is 0. The SMILES string of the molecule is O=C(OCCOc1ccnc2ccccc12)C1CC2(C1)CC(F)(F)C2. The number of benzene rings is 1. The number of fused-ring (bicyclic) bond motifs is 1. The number of hydrogen-bond acceptors (Lipinski definition) is 4. The number of carbonyl (C=O) groups is 1. The van der Waals surface area contributed by atoms with Gasteiger partial charge in [0, 0.05) is 24.4 Å². The summed E-state index contributed by atoms with van der Waals surface area (Å²) in [5.74, 6) is -2.38. The molecule has 2 fully saturated rings. The molecule has 2 saturated carbocycles. The summed E-state index contributed by atoms with van der Waals surface area (Å²) in [5.41, 5.74) is 0.536. The number of nitrogens with zero attached hydrogens (tertiary/aromatic N) is 1. The van der Waals surface area contributed by atoms with E-state index in [2.05, 4.69) is 4.98 Å². The van der Waals surface area contributed by atoms with Crippen LogP contribution in [0.1, 0.15) is 25.7 Å². The van der Waals surface area contributed by atoms with Crippen LogP contribution < -0.4 is 4.74 Å². The molecule has 6 heteroatoms. The van der Waals surface area contributed by atoms with E-state index in [0.717, 1.165) is 10.9 Å². The molecule has 4 rings (SSSR count). The lowest BCUT2D eigenvalue weighted by Gasteiger charge is -2.56. The molecular formula is C19H19F2NO3. The highest BCUT2D eigenvalue weighted by atomic mass is 19.3. The van der Waals surface area contributed by atoms with Crippen LogP contribution in [0.25, 0.3) is 10.9 Å². The summed E-state index contributed by atoms with van der Waals surface area (Å²) in [7, 11) is 0. The van der Waals surface area contributed by atoms with Crippen molar-refractivity contribution in [2.75, 3.05) is 13.2 Å². The molecule has 1 aromatic carbocycles. The Bertz CT molecular complexity index is 787. The second kappa shape index (κ2) is 5.93. The van der Waals surface area contributed by atoms with Gasteiger partial charge in [-0.05, 0) is 36.5 Å². The molecule has 0 saturated heterocycles. The monoisotopic (exact) mass is 347 g/mol. The first-order valence-corrected chi connectivity index (χ1v) is 8.48. The number of carbonyl (C=O) groups excluding carboxylic acids is 1. The molecule has 2 aliphatic rings. The Labute approximate surface area is 144 Å². The second-order valence-electron chi connectivity index (χ2n) is 7.16. The topological polar surface area (TPSA) is 48.4 Å². The molecule has 2 aromatic rings. The Morgan fingerprint density at radius 3 is 2.68 bits per heavy atom. The molecule has 0 unspecified atom stereocenters. The van der Waals surface area contributed by atoms with E-state index in [0.29, 0.717) is 18.6 Å². The second-order valence-corrected chi connectivity index (χ2v) is 7.16. The fourth-order valence-electron chi connectivity index (χ4n) is 4.09. The summed E-state index contributed by atoms with van der Waals surface area (Å²) in [6.07, 6.45) is 2.56. The van der Waals surface area contributed by atoms with E-state index in [-0.39, 0.29) is 43.4 Å². The Morgan fingerprint density at radius 2 is 1.92 bits per heavy atom. The number of para-hydroxylation sites is 1. The molecule has 0 atom stereocenters. The molecule has 4 nitrogen and oxygen atoms in total. The zero-order chi connectivity index (χ0) is 17.5. The van der Waals surface area contributed by atoms with Gasteiger partial charge in [0.1, 0.15) is 19.0 Å². The minimum atomic E-state index is -2.53. The lowest BCUT2D eigenvalue weighted by molar-refractivity contribution is -0.214. The van der Waals surface area contributed by atoms with Crippen molar-refractivity contribution in [3.05, 3.63) is 36.5 Å². The predicted octanol–water partition coefficient (Wildman–Crippen LogP) is 3.98. The van der Waals surface area contributed by atoms with Crippen LogP contribution in [-0.2, 0) is 9.53 Å².